The van der Waals surface area contributed by atoms with E-state index in [4.69, 9.17) is 5.11 Å². The minimum Gasteiger partial charge on any atom is -0.393 e. The molecule has 0 unspecified atom stereocenters. The number of hydrogen-bond donors (Lipinski definition) is 2. The molecule has 0 aliphatic rings. The van der Waals surface area contributed by atoms with Crippen molar-refractivity contribution in [3.8, 4) is 0 Å². The average Bonchev–Trinajstić information content (AvgIpc) is 2.55. The van der Waals surface area contributed by atoms with Gasteiger partial charge in [-0.25, -0.2) is 0 Å². The zero-order chi connectivity index (χ0) is 9.68. The van der Waals surface area contributed by atoms with Crippen LogP contribution >= 0.6 is 11.3 Å². The van der Waals surface area contributed by atoms with Gasteiger partial charge in [-0.1, -0.05) is 6.07 Å². The first-order chi connectivity index (χ1) is 6.20. The summed E-state index contributed by atoms with van der Waals surface area (Å²) >= 11 is 1.76. The first kappa shape index (κ1) is 10.7. The fraction of sp³-hybridized carbons (Fsp3) is 0.600. The molecule has 2 atom stereocenters. The molecule has 0 aromatic carbocycles. The molecule has 0 saturated heterocycles. The van der Waals surface area contributed by atoms with Crippen molar-refractivity contribution in [3.63, 3.8) is 0 Å². The maximum atomic E-state index is 9.06. The molecule has 1 aromatic heterocycles. The molecule has 1 heterocycles. The highest BCUT2D eigenvalue weighted by Gasteiger charge is 2.05. The van der Waals surface area contributed by atoms with Crippen molar-refractivity contribution in [3.05, 3.63) is 22.4 Å². The van der Waals surface area contributed by atoms with Crippen LogP contribution in [-0.2, 0) is 0 Å². The normalized spacial score (nSPS) is 15.6. The van der Waals surface area contributed by atoms with Crippen molar-refractivity contribution >= 4 is 11.3 Å². The lowest BCUT2D eigenvalue weighted by atomic mass is 10.2. The minimum absolute atomic E-state index is 0.206. The molecule has 1 aromatic rings. The third kappa shape index (κ3) is 3.89. The minimum atomic E-state index is -0.206. The van der Waals surface area contributed by atoms with Gasteiger partial charge in [0.25, 0.3) is 0 Å². The van der Waals surface area contributed by atoms with E-state index >= 15 is 0 Å². The highest BCUT2D eigenvalue weighted by Crippen LogP contribution is 2.17. The van der Waals surface area contributed by atoms with E-state index in [2.05, 4.69) is 29.8 Å². The van der Waals surface area contributed by atoms with E-state index in [1.54, 1.807) is 11.3 Å². The van der Waals surface area contributed by atoms with Gasteiger partial charge in [0.15, 0.2) is 0 Å². The van der Waals surface area contributed by atoms with Gasteiger partial charge in [0.2, 0.25) is 0 Å². The van der Waals surface area contributed by atoms with Crippen LogP contribution in [0.5, 0.6) is 0 Å². The van der Waals surface area contributed by atoms with Crippen molar-refractivity contribution in [1.29, 1.82) is 0 Å². The summed E-state index contributed by atoms with van der Waals surface area (Å²) in [6, 6.07) is 4.59. The smallest absolute Gasteiger partial charge is 0.0524 e. The van der Waals surface area contributed by atoms with Crippen LogP contribution in [0.2, 0.25) is 0 Å². The predicted molar refractivity (Wildman–Crippen MR) is 57.0 cm³/mol. The predicted octanol–water partition coefficient (Wildman–Crippen LogP) is 2.17. The fourth-order valence-electron chi connectivity index (χ4n) is 1.15. The van der Waals surface area contributed by atoms with Crippen LogP contribution in [0.25, 0.3) is 0 Å². The summed E-state index contributed by atoms with van der Waals surface area (Å²) in [6.07, 6.45) is 0.610. The number of hydrogen-bond acceptors (Lipinski definition) is 3. The van der Waals surface area contributed by atoms with Crippen molar-refractivity contribution in [2.24, 2.45) is 0 Å². The zero-order valence-corrected chi connectivity index (χ0v) is 8.97. The van der Waals surface area contributed by atoms with Gasteiger partial charge in [0, 0.05) is 10.9 Å². The van der Waals surface area contributed by atoms with Crippen LogP contribution in [0.1, 0.15) is 31.2 Å². The van der Waals surface area contributed by atoms with Crippen LogP contribution in [0.4, 0.5) is 0 Å². The zero-order valence-electron chi connectivity index (χ0n) is 8.16. The van der Waals surface area contributed by atoms with Crippen LogP contribution in [0, 0.1) is 0 Å². The third-order valence-electron chi connectivity index (χ3n) is 1.98. The Morgan fingerprint density at radius 3 is 2.85 bits per heavy atom. The highest BCUT2D eigenvalue weighted by molar-refractivity contribution is 7.10. The molecule has 3 heteroatoms. The second kappa shape index (κ2) is 5.37. The molecule has 1 rings (SSSR count). The van der Waals surface area contributed by atoms with E-state index < -0.39 is 0 Å². The number of nitrogens with one attached hydrogen (secondary N) is 1. The second-order valence-corrected chi connectivity index (χ2v) is 4.31. The summed E-state index contributed by atoms with van der Waals surface area (Å²) in [5.74, 6) is 0. The van der Waals surface area contributed by atoms with Gasteiger partial charge in [0.05, 0.1) is 6.10 Å². The van der Waals surface area contributed by atoms with E-state index in [-0.39, 0.29) is 6.10 Å². The molecule has 0 radical (unpaired) electrons. The van der Waals surface area contributed by atoms with E-state index in [0.29, 0.717) is 6.04 Å². The average molecular weight is 199 g/mol. The van der Waals surface area contributed by atoms with Crippen LogP contribution in [0.15, 0.2) is 17.5 Å². The first-order valence-corrected chi connectivity index (χ1v) is 5.53. The summed E-state index contributed by atoms with van der Waals surface area (Å²) < 4.78 is 0. The lowest BCUT2D eigenvalue weighted by Gasteiger charge is -2.12. The van der Waals surface area contributed by atoms with E-state index in [0.717, 1.165) is 13.0 Å². The van der Waals surface area contributed by atoms with Gasteiger partial charge >= 0.3 is 0 Å². The quantitative estimate of drug-likeness (QED) is 0.761. The van der Waals surface area contributed by atoms with Crippen LogP contribution in [-0.4, -0.2) is 17.8 Å². The van der Waals surface area contributed by atoms with E-state index in [9.17, 15) is 0 Å². The monoisotopic (exact) mass is 199 g/mol. The van der Waals surface area contributed by atoms with Crippen molar-refractivity contribution < 1.29 is 5.11 Å². The second-order valence-electron chi connectivity index (χ2n) is 3.33. The Morgan fingerprint density at radius 1 is 1.54 bits per heavy atom. The third-order valence-corrected chi connectivity index (χ3v) is 3.04. The number of thiophene rings is 1. The molecule has 0 saturated carbocycles. The van der Waals surface area contributed by atoms with Gasteiger partial charge in [-0.3, -0.25) is 0 Å². The summed E-state index contributed by atoms with van der Waals surface area (Å²) in [4.78, 5) is 1.35. The lowest BCUT2D eigenvalue weighted by molar-refractivity contribution is 0.182. The lowest BCUT2D eigenvalue weighted by Crippen LogP contribution is -2.21. The van der Waals surface area contributed by atoms with Crippen LogP contribution < -0.4 is 5.32 Å². The Hall–Kier alpha value is -0.380. The molecule has 0 aliphatic heterocycles. The topological polar surface area (TPSA) is 32.3 Å². The molecular weight excluding hydrogens is 182 g/mol. The maximum absolute atomic E-state index is 9.06. The Balaban J connectivity index is 2.22. The fourth-order valence-corrected chi connectivity index (χ4v) is 1.91. The standard InChI is InChI=1S/C10H17NOS/c1-8(12)5-6-11-9(2)10-4-3-7-13-10/h3-4,7-9,11-12H,5-6H2,1-2H3/t8-,9-/m0/s1. The largest absolute Gasteiger partial charge is 0.393 e. The Labute approximate surface area is 83.6 Å². The Kier molecular flexibility index (Phi) is 4.42. The molecular formula is C10H17NOS. The summed E-state index contributed by atoms with van der Waals surface area (Å²) in [7, 11) is 0. The molecule has 0 fully saturated rings. The molecule has 0 spiro atoms. The van der Waals surface area contributed by atoms with Crippen molar-refractivity contribution in [1.82, 2.24) is 5.32 Å². The maximum Gasteiger partial charge on any atom is 0.0524 e. The van der Waals surface area contributed by atoms with Crippen molar-refractivity contribution in [2.45, 2.75) is 32.4 Å². The van der Waals surface area contributed by atoms with E-state index in [1.165, 1.54) is 4.88 Å². The molecule has 74 valence electrons. The highest BCUT2D eigenvalue weighted by atomic mass is 32.1. The number of aliphatic hydroxyl groups excluding tert-OH is 1. The van der Waals surface area contributed by atoms with Gasteiger partial charge in [-0.15, -0.1) is 11.3 Å². The Bertz CT molecular complexity index is 221. The van der Waals surface area contributed by atoms with Crippen molar-refractivity contribution in [2.75, 3.05) is 6.54 Å². The number of aliphatic hydroxyl groups is 1. The molecule has 2 N–H and O–H groups in total. The molecule has 0 aliphatic carbocycles. The Morgan fingerprint density at radius 2 is 2.31 bits per heavy atom. The van der Waals surface area contributed by atoms with Gasteiger partial charge in [-0.05, 0) is 38.3 Å². The summed E-state index contributed by atoms with van der Waals surface area (Å²) in [5, 5.41) is 14.5. The SMILES string of the molecule is C[C@H](O)CCN[C@@H](C)c1cccs1. The first-order valence-electron chi connectivity index (χ1n) is 4.65. The van der Waals surface area contributed by atoms with E-state index in [1.807, 2.05) is 6.92 Å². The van der Waals surface area contributed by atoms with Gasteiger partial charge in [0.1, 0.15) is 0 Å². The molecule has 13 heavy (non-hydrogen) atoms. The van der Waals surface area contributed by atoms with Crippen LogP contribution in [0.3, 0.4) is 0 Å². The molecule has 0 amide bonds. The van der Waals surface area contributed by atoms with Gasteiger partial charge in [-0.2, -0.15) is 0 Å². The summed E-state index contributed by atoms with van der Waals surface area (Å²) in [6.45, 7) is 4.84. The summed E-state index contributed by atoms with van der Waals surface area (Å²) in [5.41, 5.74) is 0. The van der Waals surface area contributed by atoms with Gasteiger partial charge < -0.3 is 10.4 Å². The molecule has 0 bridgehead atoms. The number of rotatable bonds is 5. The molecule has 2 nitrogen and oxygen atoms in total.